The summed E-state index contributed by atoms with van der Waals surface area (Å²) in [4.78, 5) is 0. The molecule has 9 aromatic rings. The zero-order valence-electron chi connectivity index (χ0n) is 28.9. The zero-order chi connectivity index (χ0) is 34.6. The summed E-state index contributed by atoms with van der Waals surface area (Å²) in [5, 5.41) is 7.61. The highest BCUT2D eigenvalue weighted by Crippen LogP contribution is 2.59. The van der Waals surface area contributed by atoms with Gasteiger partial charge in [-0.25, -0.2) is 0 Å². The van der Waals surface area contributed by atoms with Gasteiger partial charge in [-0.2, -0.15) is 0 Å². The number of aryl methyl sites for hydroxylation is 2. The third-order valence-corrected chi connectivity index (χ3v) is 11.4. The monoisotopic (exact) mass is 663 g/mol. The van der Waals surface area contributed by atoms with Gasteiger partial charge in [-0.15, -0.1) is 0 Å². The lowest BCUT2D eigenvalue weighted by Crippen LogP contribution is -2.29. The van der Waals surface area contributed by atoms with E-state index in [-0.39, 0.29) is 0 Å². The minimum Gasteiger partial charge on any atom is -0.399 e. The Balaban J connectivity index is 1.33. The Kier molecular flexibility index (Phi) is 7.08. The van der Waals surface area contributed by atoms with E-state index in [4.69, 9.17) is 5.73 Å². The molecule has 0 bridgehead atoms. The lowest BCUT2D eigenvalue weighted by atomic mass is 9.64. The van der Waals surface area contributed by atoms with E-state index in [0.717, 1.165) is 18.5 Å². The molecule has 1 unspecified atom stereocenters. The molecule has 1 aliphatic rings. The fourth-order valence-corrected chi connectivity index (χ4v) is 9.20. The highest BCUT2D eigenvalue weighted by molar-refractivity contribution is 6.20. The van der Waals surface area contributed by atoms with Gasteiger partial charge in [-0.1, -0.05) is 182 Å². The zero-order valence-corrected chi connectivity index (χ0v) is 28.9. The second kappa shape index (κ2) is 12.1. The summed E-state index contributed by atoms with van der Waals surface area (Å²) in [6, 6.07) is 69.5. The maximum absolute atomic E-state index is 6.42. The van der Waals surface area contributed by atoms with Crippen molar-refractivity contribution in [3.8, 4) is 22.3 Å². The second-order valence-electron chi connectivity index (χ2n) is 14.1. The number of benzene rings is 9. The van der Waals surface area contributed by atoms with Gasteiger partial charge in [0.05, 0.1) is 5.41 Å². The quantitative estimate of drug-likeness (QED) is 0.139. The smallest absolute Gasteiger partial charge is 0.0725 e. The van der Waals surface area contributed by atoms with Gasteiger partial charge in [0.15, 0.2) is 0 Å². The Morgan fingerprint density at radius 1 is 0.404 bits per heavy atom. The summed E-state index contributed by atoms with van der Waals surface area (Å²) in [7, 11) is 0. The van der Waals surface area contributed by atoms with Gasteiger partial charge in [-0.05, 0) is 107 Å². The molecular weight excluding hydrogens is 627 g/mol. The third kappa shape index (κ3) is 4.49. The van der Waals surface area contributed by atoms with Crippen molar-refractivity contribution < 1.29 is 0 Å². The minimum atomic E-state index is -0.564. The van der Waals surface area contributed by atoms with Crippen molar-refractivity contribution in [2.75, 3.05) is 5.73 Å². The molecule has 0 aliphatic heterocycles. The Labute approximate surface area is 304 Å². The molecule has 2 N–H and O–H groups in total. The first-order valence-electron chi connectivity index (χ1n) is 18.3. The molecule has 52 heavy (non-hydrogen) atoms. The Morgan fingerprint density at radius 3 is 1.75 bits per heavy atom. The number of rotatable bonds is 6. The van der Waals surface area contributed by atoms with Crippen LogP contribution in [0.15, 0.2) is 188 Å². The molecular formula is C51H37N. The number of para-hydroxylation sites is 1. The van der Waals surface area contributed by atoms with E-state index in [1.165, 1.54) is 88.0 Å². The summed E-state index contributed by atoms with van der Waals surface area (Å²) >= 11 is 0. The average molecular weight is 664 g/mol. The van der Waals surface area contributed by atoms with Gasteiger partial charge < -0.3 is 5.73 Å². The molecule has 1 heteroatoms. The van der Waals surface area contributed by atoms with Crippen LogP contribution in [0.2, 0.25) is 0 Å². The van der Waals surface area contributed by atoms with E-state index in [9.17, 15) is 0 Å². The van der Waals surface area contributed by atoms with Crippen LogP contribution in [-0.4, -0.2) is 0 Å². The molecule has 0 saturated carbocycles. The largest absolute Gasteiger partial charge is 0.399 e. The van der Waals surface area contributed by atoms with Crippen LogP contribution < -0.4 is 5.73 Å². The highest BCUT2D eigenvalue weighted by Gasteiger charge is 2.48. The summed E-state index contributed by atoms with van der Waals surface area (Å²) < 4.78 is 0. The van der Waals surface area contributed by atoms with Crippen molar-refractivity contribution in [2.24, 2.45) is 0 Å². The van der Waals surface area contributed by atoms with E-state index in [2.05, 4.69) is 176 Å². The van der Waals surface area contributed by atoms with Crippen LogP contribution in [0.3, 0.4) is 0 Å². The third-order valence-electron chi connectivity index (χ3n) is 11.4. The van der Waals surface area contributed by atoms with E-state index in [0.29, 0.717) is 0 Å². The summed E-state index contributed by atoms with van der Waals surface area (Å²) in [5.41, 5.74) is 19.7. The lowest BCUT2D eigenvalue weighted by Gasteiger charge is -2.36. The molecule has 10 rings (SSSR count). The highest BCUT2D eigenvalue weighted by atomic mass is 14.6. The summed E-state index contributed by atoms with van der Waals surface area (Å²) in [5.74, 6) is 0. The van der Waals surface area contributed by atoms with Crippen LogP contribution >= 0.6 is 0 Å². The van der Waals surface area contributed by atoms with Gasteiger partial charge >= 0.3 is 0 Å². The predicted molar refractivity (Wildman–Crippen MR) is 220 cm³/mol. The number of nitrogens with two attached hydrogens (primary N) is 1. The molecule has 0 saturated heterocycles. The number of hydrogen-bond acceptors (Lipinski definition) is 1. The topological polar surface area (TPSA) is 26.0 Å². The fraction of sp³-hybridized carbons (Fsp3) is 0.0588. The van der Waals surface area contributed by atoms with Crippen LogP contribution in [0.25, 0.3) is 54.6 Å². The maximum Gasteiger partial charge on any atom is 0.0725 e. The van der Waals surface area contributed by atoms with Gasteiger partial charge in [0, 0.05) is 5.69 Å². The maximum atomic E-state index is 6.42. The van der Waals surface area contributed by atoms with Gasteiger partial charge in [0.1, 0.15) is 0 Å². The molecule has 9 aromatic carbocycles. The van der Waals surface area contributed by atoms with Crippen molar-refractivity contribution >= 4 is 38.0 Å². The molecule has 1 aliphatic carbocycles. The molecule has 1 atom stereocenters. The van der Waals surface area contributed by atoms with Crippen LogP contribution in [0.4, 0.5) is 5.69 Å². The number of hydrogen-bond donors (Lipinski definition) is 1. The number of nitrogen functional groups attached to an aromatic ring is 1. The van der Waals surface area contributed by atoms with Crippen molar-refractivity contribution in [3.63, 3.8) is 0 Å². The molecule has 0 spiro atoms. The van der Waals surface area contributed by atoms with Crippen LogP contribution in [-0.2, 0) is 18.3 Å². The minimum absolute atomic E-state index is 0.564. The van der Waals surface area contributed by atoms with Gasteiger partial charge in [0.25, 0.3) is 0 Å². The molecule has 0 radical (unpaired) electrons. The molecule has 0 aromatic heterocycles. The van der Waals surface area contributed by atoms with Crippen molar-refractivity contribution in [3.05, 3.63) is 221 Å². The molecule has 0 heterocycles. The van der Waals surface area contributed by atoms with Crippen molar-refractivity contribution in [1.29, 1.82) is 0 Å². The molecule has 1 nitrogen and oxygen atoms in total. The first-order chi connectivity index (χ1) is 25.7. The predicted octanol–water partition coefficient (Wildman–Crippen LogP) is 12.5. The van der Waals surface area contributed by atoms with E-state index < -0.39 is 5.41 Å². The standard InChI is InChI=1S/C51H37N/c52-48-28-13-5-16-36(48)31-29-34-30-32-40-39-21-11-12-27-46(39)51(47(40)33-34,37-18-2-1-3-19-37)50-44-24-9-7-22-42(44)49(43-23-8-10-25-45(43)50)41-26-14-17-35-15-4-6-20-38(35)41/h1-28,30,32-33H,29,31,52H2. The number of anilines is 1. The SMILES string of the molecule is Nc1ccccc1CCc1ccc2c(c1)C(c1ccccc1)(c1c3ccccc3c(-c3cccc4ccccc34)c3ccccc13)c1ccccc1-2. The Morgan fingerprint density at radius 2 is 0.981 bits per heavy atom. The Hall–Kier alpha value is -6.44. The van der Waals surface area contributed by atoms with Crippen LogP contribution in [0, 0.1) is 0 Å². The summed E-state index contributed by atoms with van der Waals surface area (Å²) in [6.07, 6.45) is 1.80. The second-order valence-corrected chi connectivity index (χ2v) is 14.1. The summed E-state index contributed by atoms with van der Waals surface area (Å²) in [6.45, 7) is 0. The normalized spacial score (nSPS) is 14.8. The Bertz CT molecular complexity index is 2750. The van der Waals surface area contributed by atoms with Crippen molar-refractivity contribution in [2.45, 2.75) is 18.3 Å². The lowest BCUT2D eigenvalue weighted by molar-refractivity contribution is 0.780. The first kappa shape index (κ1) is 30.4. The first-order valence-corrected chi connectivity index (χ1v) is 18.3. The van der Waals surface area contributed by atoms with Crippen molar-refractivity contribution in [1.82, 2.24) is 0 Å². The molecule has 0 amide bonds. The van der Waals surface area contributed by atoms with E-state index in [1.807, 2.05) is 12.1 Å². The number of fused-ring (bicyclic) bond motifs is 6. The van der Waals surface area contributed by atoms with Crippen LogP contribution in [0.1, 0.15) is 33.4 Å². The average Bonchev–Trinajstić information content (AvgIpc) is 3.50. The van der Waals surface area contributed by atoms with E-state index >= 15 is 0 Å². The van der Waals surface area contributed by atoms with Gasteiger partial charge in [0.2, 0.25) is 0 Å². The van der Waals surface area contributed by atoms with Gasteiger partial charge in [-0.3, -0.25) is 0 Å². The molecule has 246 valence electrons. The fourth-order valence-electron chi connectivity index (χ4n) is 9.20. The molecule has 0 fully saturated rings. The van der Waals surface area contributed by atoms with E-state index in [1.54, 1.807) is 0 Å². The van der Waals surface area contributed by atoms with Crippen LogP contribution in [0.5, 0.6) is 0 Å².